The minimum absolute atomic E-state index is 0.180. The van der Waals surface area contributed by atoms with Gasteiger partial charge in [-0.1, -0.05) is 48.5 Å². The van der Waals surface area contributed by atoms with Crippen LogP contribution in [0.1, 0.15) is 39.2 Å². The molecule has 3 aromatic carbocycles. The van der Waals surface area contributed by atoms with Crippen LogP contribution in [-0.4, -0.2) is 26.0 Å². The van der Waals surface area contributed by atoms with E-state index in [2.05, 4.69) is 10.6 Å². The molecule has 0 spiro atoms. The summed E-state index contributed by atoms with van der Waals surface area (Å²) in [5.41, 5.74) is 2.08. The summed E-state index contributed by atoms with van der Waals surface area (Å²) in [6, 6.07) is 21.4. The van der Waals surface area contributed by atoms with Crippen molar-refractivity contribution < 1.29 is 19.1 Å². The lowest BCUT2D eigenvalue weighted by atomic mass is 10.1. The highest BCUT2D eigenvalue weighted by molar-refractivity contribution is 6.10. The van der Waals surface area contributed by atoms with E-state index in [1.54, 1.807) is 42.5 Å². The molecule has 6 nitrogen and oxygen atoms in total. The number of carbonyl (C=O) groups is 2. The molecule has 0 saturated heterocycles. The van der Waals surface area contributed by atoms with Gasteiger partial charge in [-0.05, 0) is 36.8 Å². The third-order valence-electron chi connectivity index (χ3n) is 4.71. The summed E-state index contributed by atoms with van der Waals surface area (Å²) in [6.45, 7) is 1.91. The van der Waals surface area contributed by atoms with Crippen molar-refractivity contribution in [2.24, 2.45) is 0 Å². The molecule has 0 aliphatic rings. The van der Waals surface area contributed by atoms with Gasteiger partial charge in [0.15, 0.2) is 11.5 Å². The van der Waals surface area contributed by atoms with Crippen LogP contribution < -0.4 is 20.1 Å². The molecule has 30 heavy (non-hydrogen) atoms. The third-order valence-corrected chi connectivity index (χ3v) is 4.71. The lowest BCUT2D eigenvalue weighted by Crippen LogP contribution is -2.28. The van der Waals surface area contributed by atoms with Crippen molar-refractivity contribution in [1.29, 1.82) is 0 Å². The van der Waals surface area contributed by atoms with Gasteiger partial charge in [0.05, 0.1) is 37.1 Å². The number of benzene rings is 3. The van der Waals surface area contributed by atoms with E-state index in [1.165, 1.54) is 14.2 Å². The first-order chi connectivity index (χ1) is 14.5. The molecule has 0 radical (unpaired) electrons. The van der Waals surface area contributed by atoms with Gasteiger partial charge in [-0.25, -0.2) is 0 Å². The van der Waals surface area contributed by atoms with E-state index in [0.29, 0.717) is 28.3 Å². The van der Waals surface area contributed by atoms with Crippen molar-refractivity contribution in [2.45, 2.75) is 13.0 Å². The maximum absolute atomic E-state index is 12.9. The number of para-hydroxylation sites is 2. The van der Waals surface area contributed by atoms with Crippen LogP contribution in [0.25, 0.3) is 0 Å². The molecule has 2 N–H and O–H groups in total. The number of hydrogen-bond donors (Lipinski definition) is 2. The average Bonchev–Trinajstić information content (AvgIpc) is 2.79. The van der Waals surface area contributed by atoms with Gasteiger partial charge in [0.2, 0.25) is 0 Å². The summed E-state index contributed by atoms with van der Waals surface area (Å²) < 4.78 is 10.6. The SMILES string of the molecule is COc1cccc(C(=O)Nc2ccccc2C(=O)NC(C)c2ccccc2)c1OC. The maximum atomic E-state index is 12.9. The van der Waals surface area contributed by atoms with Crippen molar-refractivity contribution in [3.63, 3.8) is 0 Å². The predicted molar refractivity (Wildman–Crippen MR) is 116 cm³/mol. The van der Waals surface area contributed by atoms with Gasteiger partial charge in [-0.3, -0.25) is 9.59 Å². The van der Waals surface area contributed by atoms with Crippen molar-refractivity contribution in [3.05, 3.63) is 89.5 Å². The predicted octanol–water partition coefficient (Wildman–Crippen LogP) is 4.45. The molecule has 0 saturated carbocycles. The van der Waals surface area contributed by atoms with Crippen LogP contribution in [0.3, 0.4) is 0 Å². The first-order valence-electron chi connectivity index (χ1n) is 9.52. The molecular formula is C24H24N2O4. The van der Waals surface area contributed by atoms with E-state index < -0.39 is 5.91 Å². The minimum Gasteiger partial charge on any atom is -0.493 e. The van der Waals surface area contributed by atoms with E-state index in [9.17, 15) is 9.59 Å². The quantitative estimate of drug-likeness (QED) is 0.610. The Balaban J connectivity index is 1.82. The molecule has 0 aromatic heterocycles. The zero-order valence-corrected chi connectivity index (χ0v) is 17.1. The Bertz CT molecular complexity index is 1030. The van der Waals surface area contributed by atoms with Crippen LogP contribution in [0.4, 0.5) is 5.69 Å². The molecular weight excluding hydrogens is 380 g/mol. The summed E-state index contributed by atoms with van der Waals surface area (Å²) in [6.07, 6.45) is 0. The molecule has 0 heterocycles. The number of ether oxygens (including phenoxy) is 2. The van der Waals surface area contributed by atoms with Crippen molar-refractivity contribution in [2.75, 3.05) is 19.5 Å². The van der Waals surface area contributed by atoms with Crippen LogP contribution in [0.2, 0.25) is 0 Å². The van der Waals surface area contributed by atoms with Crippen LogP contribution in [-0.2, 0) is 0 Å². The lowest BCUT2D eigenvalue weighted by molar-refractivity contribution is 0.0941. The molecule has 3 aromatic rings. The van der Waals surface area contributed by atoms with Gasteiger partial charge >= 0.3 is 0 Å². The topological polar surface area (TPSA) is 76.7 Å². The zero-order valence-electron chi connectivity index (χ0n) is 17.1. The molecule has 0 aliphatic heterocycles. The Labute approximate surface area is 175 Å². The summed E-state index contributed by atoms with van der Waals surface area (Å²) in [4.78, 5) is 25.8. The van der Waals surface area contributed by atoms with Crippen molar-refractivity contribution >= 4 is 17.5 Å². The molecule has 154 valence electrons. The number of hydrogen-bond acceptors (Lipinski definition) is 4. The summed E-state index contributed by atoms with van der Waals surface area (Å²) >= 11 is 0. The van der Waals surface area contributed by atoms with E-state index in [4.69, 9.17) is 9.47 Å². The fourth-order valence-corrected chi connectivity index (χ4v) is 3.15. The highest BCUT2D eigenvalue weighted by Gasteiger charge is 2.20. The second-order valence-corrected chi connectivity index (χ2v) is 6.65. The lowest BCUT2D eigenvalue weighted by Gasteiger charge is -2.17. The van der Waals surface area contributed by atoms with E-state index in [-0.39, 0.29) is 11.9 Å². The third kappa shape index (κ3) is 4.60. The first-order valence-corrected chi connectivity index (χ1v) is 9.52. The Hall–Kier alpha value is -3.80. The Kier molecular flexibility index (Phi) is 6.70. The molecule has 6 heteroatoms. The van der Waals surface area contributed by atoms with Crippen molar-refractivity contribution in [3.8, 4) is 11.5 Å². The van der Waals surface area contributed by atoms with Gasteiger partial charge in [-0.15, -0.1) is 0 Å². The summed E-state index contributed by atoms with van der Waals surface area (Å²) in [7, 11) is 2.98. The van der Waals surface area contributed by atoms with Crippen LogP contribution in [0, 0.1) is 0 Å². The van der Waals surface area contributed by atoms with Gasteiger partial charge < -0.3 is 20.1 Å². The Morgan fingerprint density at radius 3 is 2.13 bits per heavy atom. The number of rotatable bonds is 7. The number of methoxy groups -OCH3 is 2. The largest absolute Gasteiger partial charge is 0.493 e. The second-order valence-electron chi connectivity index (χ2n) is 6.65. The van der Waals surface area contributed by atoms with Gasteiger partial charge in [0, 0.05) is 0 Å². The van der Waals surface area contributed by atoms with Gasteiger partial charge in [-0.2, -0.15) is 0 Å². The van der Waals surface area contributed by atoms with Crippen molar-refractivity contribution in [1.82, 2.24) is 5.32 Å². The van der Waals surface area contributed by atoms with Gasteiger partial charge in [0.1, 0.15) is 0 Å². The Morgan fingerprint density at radius 1 is 0.767 bits per heavy atom. The monoisotopic (exact) mass is 404 g/mol. The number of amides is 2. The Morgan fingerprint density at radius 2 is 1.43 bits per heavy atom. The van der Waals surface area contributed by atoms with Crippen LogP contribution in [0.15, 0.2) is 72.8 Å². The summed E-state index contributed by atoms with van der Waals surface area (Å²) in [5, 5.41) is 5.78. The summed E-state index contributed by atoms with van der Waals surface area (Å²) in [5.74, 6) is 0.104. The standard InChI is InChI=1S/C24H24N2O4/c1-16(17-10-5-4-6-11-17)25-23(27)18-12-7-8-14-20(18)26-24(28)19-13-9-15-21(29-2)22(19)30-3/h4-16H,1-3H3,(H,25,27)(H,26,28). The molecule has 2 amide bonds. The molecule has 0 aliphatic carbocycles. The van der Waals surface area contributed by atoms with E-state index in [0.717, 1.165) is 5.56 Å². The smallest absolute Gasteiger partial charge is 0.259 e. The normalized spacial score (nSPS) is 11.3. The highest BCUT2D eigenvalue weighted by atomic mass is 16.5. The second kappa shape index (κ2) is 9.60. The average molecular weight is 404 g/mol. The van der Waals surface area contributed by atoms with Crippen LogP contribution in [0.5, 0.6) is 11.5 Å². The molecule has 3 rings (SSSR count). The van der Waals surface area contributed by atoms with E-state index in [1.807, 2.05) is 37.3 Å². The fraction of sp³-hybridized carbons (Fsp3) is 0.167. The maximum Gasteiger partial charge on any atom is 0.259 e. The molecule has 1 unspecified atom stereocenters. The van der Waals surface area contributed by atoms with Crippen LogP contribution >= 0.6 is 0 Å². The van der Waals surface area contributed by atoms with E-state index >= 15 is 0 Å². The van der Waals surface area contributed by atoms with Gasteiger partial charge in [0.25, 0.3) is 11.8 Å². The molecule has 1 atom stereocenters. The first kappa shape index (κ1) is 20.9. The molecule has 0 bridgehead atoms. The zero-order chi connectivity index (χ0) is 21.5. The number of anilines is 1. The molecule has 0 fully saturated rings. The number of nitrogens with one attached hydrogen (secondary N) is 2. The number of carbonyl (C=O) groups excluding carboxylic acids is 2. The fourth-order valence-electron chi connectivity index (χ4n) is 3.15. The highest BCUT2D eigenvalue weighted by Crippen LogP contribution is 2.31. The minimum atomic E-state index is -0.401.